The van der Waals surface area contributed by atoms with Gasteiger partial charge in [-0.1, -0.05) is 28.9 Å². The molecule has 3 aromatic rings. The maximum absolute atomic E-state index is 6.12. The topological polar surface area (TPSA) is 55.1 Å². The Morgan fingerprint density at radius 2 is 2.17 bits per heavy atom. The lowest BCUT2D eigenvalue weighted by Crippen LogP contribution is -2.38. The third kappa shape index (κ3) is 2.55. The van der Waals surface area contributed by atoms with Crippen molar-refractivity contribution in [1.29, 1.82) is 0 Å². The highest BCUT2D eigenvalue weighted by atomic mass is 35.5. The molecule has 118 valence electrons. The SMILES string of the molecule is C[C@H]1CCCCN1c1ncnc2onc(-c3cccc(Cl)c3)c12. The van der Waals surface area contributed by atoms with E-state index in [1.807, 2.05) is 24.3 Å². The number of hydrogen-bond acceptors (Lipinski definition) is 5. The minimum Gasteiger partial charge on any atom is -0.353 e. The summed E-state index contributed by atoms with van der Waals surface area (Å²) >= 11 is 6.12. The van der Waals surface area contributed by atoms with Gasteiger partial charge in [-0.15, -0.1) is 0 Å². The number of halogens is 1. The molecule has 2 aromatic heterocycles. The molecule has 1 saturated heterocycles. The molecule has 0 bridgehead atoms. The summed E-state index contributed by atoms with van der Waals surface area (Å²) in [7, 11) is 0. The van der Waals surface area contributed by atoms with Gasteiger partial charge in [-0.2, -0.15) is 4.98 Å². The van der Waals surface area contributed by atoms with Crippen LogP contribution in [-0.2, 0) is 0 Å². The van der Waals surface area contributed by atoms with Crippen LogP contribution < -0.4 is 4.90 Å². The first-order valence-corrected chi connectivity index (χ1v) is 8.25. The summed E-state index contributed by atoms with van der Waals surface area (Å²) in [6.07, 6.45) is 5.15. The van der Waals surface area contributed by atoms with Crippen LogP contribution in [0.5, 0.6) is 0 Å². The van der Waals surface area contributed by atoms with Crippen LogP contribution in [0.25, 0.3) is 22.4 Å². The van der Waals surface area contributed by atoms with Crippen LogP contribution in [0.3, 0.4) is 0 Å². The Balaban J connectivity index is 1.90. The quantitative estimate of drug-likeness (QED) is 0.701. The third-order valence-corrected chi connectivity index (χ3v) is 4.66. The van der Waals surface area contributed by atoms with Crippen molar-refractivity contribution in [2.75, 3.05) is 11.4 Å². The van der Waals surface area contributed by atoms with Crippen molar-refractivity contribution < 1.29 is 4.52 Å². The highest BCUT2D eigenvalue weighted by Gasteiger charge is 2.25. The molecule has 0 saturated carbocycles. The first kappa shape index (κ1) is 14.5. The highest BCUT2D eigenvalue weighted by Crippen LogP contribution is 2.35. The first-order valence-electron chi connectivity index (χ1n) is 7.87. The fourth-order valence-electron chi connectivity index (χ4n) is 3.24. The van der Waals surface area contributed by atoms with Gasteiger partial charge in [0.25, 0.3) is 5.71 Å². The van der Waals surface area contributed by atoms with E-state index in [-0.39, 0.29) is 0 Å². The average Bonchev–Trinajstić information content (AvgIpc) is 2.99. The van der Waals surface area contributed by atoms with Gasteiger partial charge in [0.05, 0.1) is 0 Å². The fraction of sp³-hybridized carbons (Fsp3) is 0.353. The van der Waals surface area contributed by atoms with Gasteiger partial charge < -0.3 is 9.42 Å². The lowest BCUT2D eigenvalue weighted by atomic mass is 10.0. The standard InChI is InChI=1S/C17H17ClN4O/c1-11-5-2-3-8-22(11)16-14-15(12-6-4-7-13(18)9-12)21-23-17(14)20-10-19-16/h4,6-7,9-11H,2-3,5,8H2,1H3/t11-/m0/s1. The number of benzene rings is 1. The van der Waals surface area contributed by atoms with E-state index in [9.17, 15) is 0 Å². The highest BCUT2D eigenvalue weighted by molar-refractivity contribution is 6.30. The number of fused-ring (bicyclic) bond motifs is 1. The summed E-state index contributed by atoms with van der Waals surface area (Å²) in [5.41, 5.74) is 2.18. The van der Waals surface area contributed by atoms with Crippen LogP contribution in [0, 0.1) is 0 Å². The minimum absolute atomic E-state index is 0.448. The second-order valence-corrected chi connectivity index (χ2v) is 6.39. The largest absolute Gasteiger partial charge is 0.353 e. The molecular weight excluding hydrogens is 312 g/mol. The molecular formula is C17H17ClN4O. The zero-order valence-electron chi connectivity index (χ0n) is 12.9. The van der Waals surface area contributed by atoms with Crippen molar-refractivity contribution in [3.63, 3.8) is 0 Å². The van der Waals surface area contributed by atoms with Crippen LogP contribution in [0.2, 0.25) is 5.02 Å². The lowest BCUT2D eigenvalue weighted by Gasteiger charge is -2.34. The van der Waals surface area contributed by atoms with Gasteiger partial charge in [-0.25, -0.2) is 4.98 Å². The van der Waals surface area contributed by atoms with E-state index in [1.54, 1.807) is 6.33 Å². The monoisotopic (exact) mass is 328 g/mol. The first-order chi connectivity index (χ1) is 11.2. The van der Waals surface area contributed by atoms with Crippen molar-refractivity contribution in [3.8, 4) is 11.3 Å². The molecule has 0 amide bonds. The van der Waals surface area contributed by atoms with Crippen LogP contribution in [0.1, 0.15) is 26.2 Å². The van der Waals surface area contributed by atoms with Crippen molar-refractivity contribution >= 4 is 28.5 Å². The van der Waals surface area contributed by atoms with E-state index in [1.165, 1.54) is 19.3 Å². The molecule has 1 atom stereocenters. The summed E-state index contributed by atoms with van der Waals surface area (Å²) in [5, 5.41) is 5.76. The van der Waals surface area contributed by atoms with E-state index in [0.29, 0.717) is 16.8 Å². The molecule has 0 radical (unpaired) electrons. The molecule has 1 aliphatic rings. The number of piperidine rings is 1. The normalized spacial score (nSPS) is 18.5. The summed E-state index contributed by atoms with van der Waals surface area (Å²) in [6, 6.07) is 8.06. The van der Waals surface area contributed by atoms with Gasteiger partial charge in [0.15, 0.2) is 0 Å². The third-order valence-electron chi connectivity index (χ3n) is 4.43. The molecule has 4 rings (SSSR count). The Morgan fingerprint density at radius 3 is 3.00 bits per heavy atom. The zero-order chi connectivity index (χ0) is 15.8. The van der Waals surface area contributed by atoms with E-state index < -0.39 is 0 Å². The molecule has 0 unspecified atom stereocenters. The van der Waals surface area contributed by atoms with Crippen LogP contribution in [0.15, 0.2) is 35.1 Å². The van der Waals surface area contributed by atoms with E-state index in [0.717, 1.165) is 29.0 Å². The summed E-state index contributed by atoms with van der Waals surface area (Å²) in [4.78, 5) is 11.1. The van der Waals surface area contributed by atoms with Crippen molar-refractivity contribution in [1.82, 2.24) is 15.1 Å². The summed E-state index contributed by atoms with van der Waals surface area (Å²) in [5.74, 6) is 0.901. The Bertz CT molecular complexity index is 847. The summed E-state index contributed by atoms with van der Waals surface area (Å²) < 4.78 is 5.44. The van der Waals surface area contributed by atoms with Crippen LogP contribution >= 0.6 is 11.6 Å². The lowest BCUT2D eigenvalue weighted by molar-refractivity contribution is 0.451. The number of anilines is 1. The summed E-state index contributed by atoms with van der Waals surface area (Å²) in [6.45, 7) is 3.23. The Hall–Kier alpha value is -2.14. The predicted molar refractivity (Wildman–Crippen MR) is 90.7 cm³/mol. The van der Waals surface area contributed by atoms with Gasteiger partial charge >= 0.3 is 0 Å². The minimum atomic E-state index is 0.448. The van der Waals surface area contributed by atoms with Gasteiger partial charge in [-0.3, -0.25) is 0 Å². The molecule has 0 spiro atoms. The number of rotatable bonds is 2. The van der Waals surface area contributed by atoms with Crippen LogP contribution in [-0.4, -0.2) is 27.7 Å². The Kier molecular flexibility index (Phi) is 3.65. The second kappa shape index (κ2) is 5.81. The predicted octanol–water partition coefficient (Wildman–Crippen LogP) is 4.32. The van der Waals surface area contributed by atoms with E-state index in [2.05, 4.69) is 26.9 Å². The van der Waals surface area contributed by atoms with Crippen molar-refractivity contribution in [3.05, 3.63) is 35.6 Å². The molecule has 1 fully saturated rings. The van der Waals surface area contributed by atoms with Crippen LogP contribution in [0.4, 0.5) is 5.82 Å². The van der Waals surface area contributed by atoms with Gasteiger partial charge in [0.2, 0.25) is 0 Å². The number of hydrogen-bond donors (Lipinski definition) is 0. The van der Waals surface area contributed by atoms with E-state index in [4.69, 9.17) is 16.1 Å². The molecule has 1 aliphatic heterocycles. The number of aromatic nitrogens is 3. The van der Waals surface area contributed by atoms with Gasteiger partial charge in [0.1, 0.15) is 23.2 Å². The molecule has 0 N–H and O–H groups in total. The molecule has 6 heteroatoms. The molecule has 0 aliphatic carbocycles. The average molecular weight is 329 g/mol. The molecule has 5 nitrogen and oxygen atoms in total. The molecule has 3 heterocycles. The maximum Gasteiger partial charge on any atom is 0.263 e. The second-order valence-electron chi connectivity index (χ2n) is 5.96. The Labute approximate surface area is 139 Å². The van der Waals surface area contributed by atoms with Gasteiger partial charge in [-0.05, 0) is 38.3 Å². The smallest absolute Gasteiger partial charge is 0.263 e. The van der Waals surface area contributed by atoms with Crippen molar-refractivity contribution in [2.24, 2.45) is 0 Å². The number of nitrogens with zero attached hydrogens (tertiary/aromatic N) is 4. The van der Waals surface area contributed by atoms with Crippen molar-refractivity contribution in [2.45, 2.75) is 32.2 Å². The molecule has 1 aromatic carbocycles. The Morgan fingerprint density at radius 1 is 1.26 bits per heavy atom. The molecule has 23 heavy (non-hydrogen) atoms. The fourth-order valence-corrected chi connectivity index (χ4v) is 3.43. The maximum atomic E-state index is 6.12. The van der Waals surface area contributed by atoms with Gasteiger partial charge in [0, 0.05) is 23.2 Å². The zero-order valence-corrected chi connectivity index (χ0v) is 13.6. The van der Waals surface area contributed by atoms with E-state index >= 15 is 0 Å².